The zero-order valence-electron chi connectivity index (χ0n) is 4.86. The Morgan fingerprint density at radius 3 is 3.00 bits per heavy atom. The summed E-state index contributed by atoms with van der Waals surface area (Å²) in [5, 5.41) is 2.64. The first-order chi connectivity index (χ1) is 4.20. The third kappa shape index (κ3) is 1.42. The summed E-state index contributed by atoms with van der Waals surface area (Å²) in [7, 11) is 0. The molecule has 1 rings (SSSR count). The van der Waals surface area contributed by atoms with Gasteiger partial charge in [0.25, 0.3) is 6.42 Å². The summed E-state index contributed by atoms with van der Waals surface area (Å²) in [5.74, 6) is 0. The van der Waals surface area contributed by atoms with Crippen molar-refractivity contribution in [2.75, 3.05) is 0 Å². The topological polar surface area (TPSA) is 24.4 Å². The Hall–Kier alpha value is -0.570. The molecule has 0 saturated carbocycles. The van der Waals surface area contributed by atoms with Gasteiger partial charge in [0.15, 0.2) is 0 Å². The normalized spacial score (nSPS) is 26.3. The first kappa shape index (κ1) is 6.55. The second-order valence-electron chi connectivity index (χ2n) is 1.76. The SMILES string of the molecule is CC1=C(Cl)NC(F)N=C1. The van der Waals surface area contributed by atoms with Crippen LogP contribution in [-0.4, -0.2) is 12.6 Å². The van der Waals surface area contributed by atoms with Crippen molar-refractivity contribution >= 4 is 17.8 Å². The zero-order valence-corrected chi connectivity index (χ0v) is 5.61. The van der Waals surface area contributed by atoms with Gasteiger partial charge < -0.3 is 5.32 Å². The van der Waals surface area contributed by atoms with Crippen LogP contribution in [-0.2, 0) is 0 Å². The highest BCUT2D eigenvalue weighted by atomic mass is 35.5. The van der Waals surface area contributed by atoms with Crippen molar-refractivity contribution in [3.05, 3.63) is 10.7 Å². The van der Waals surface area contributed by atoms with E-state index >= 15 is 0 Å². The van der Waals surface area contributed by atoms with Gasteiger partial charge in [0, 0.05) is 11.8 Å². The minimum atomic E-state index is -1.37. The summed E-state index contributed by atoms with van der Waals surface area (Å²) >= 11 is 5.50. The summed E-state index contributed by atoms with van der Waals surface area (Å²) < 4.78 is 12.2. The van der Waals surface area contributed by atoms with Crippen molar-refractivity contribution < 1.29 is 4.39 Å². The van der Waals surface area contributed by atoms with E-state index in [4.69, 9.17) is 11.6 Å². The molecular weight excluding hydrogens is 143 g/mol. The van der Waals surface area contributed by atoms with Crippen molar-refractivity contribution in [2.24, 2.45) is 4.99 Å². The third-order valence-corrected chi connectivity index (χ3v) is 1.40. The Morgan fingerprint density at radius 2 is 2.56 bits per heavy atom. The minimum absolute atomic E-state index is 0.331. The van der Waals surface area contributed by atoms with Crippen LogP contribution in [0, 0.1) is 0 Å². The van der Waals surface area contributed by atoms with E-state index in [1.54, 1.807) is 6.92 Å². The first-order valence-corrected chi connectivity index (χ1v) is 2.88. The molecule has 1 aliphatic heterocycles. The van der Waals surface area contributed by atoms with E-state index in [-0.39, 0.29) is 0 Å². The standard InChI is InChI=1S/C5H6ClFN2/c1-3-2-8-5(7)9-4(3)6/h2,5,9H,1H3. The van der Waals surface area contributed by atoms with Crippen molar-refractivity contribution in [1.82, 2.24) is 5.32 Å². The average Bonchev–Trinajstić information content (AvgIpc) is 1.80. The van der Waals surface area contributed by atoms with Crippen molar-refractivity contribution in [3.8, 4) is 0 Å². The Kier molecular flexibility index (Phi) is 1.71. The largest absolute Gasteiger partial charge is 0.328 e. The maximum absolute atomic E-state index is 12.2. The number of nitrogens with one attached hydrogen (secondary N) is 1. The highest BCUT2D eigenvalue weighted by Crippen LogP contribution is 2.09. The molecule has 2 nitrogen and oxygen atoms in total. The third-order valence-electron chi connectivity index (χ3n) is 0.991. The van der Waals surface area contributed by atoms with E-state index < -0.39 is 6.42 Å². The molecule has 0 fully saturated rings. The van der Waals surface area contributed by atoms with E-state index in [1.807, 2.05) is 0 Å². The fourth-order valence-electron chi connectivity index (χ4n) is 0.490. The number of hydrogen-bond acceptors (Lipinski definition) is 2. The highest BCUT2D eigenvalue weighted by molar-refractivity contribution is 6.31. The summed E-state index contributed by atoms with van der Waals surface area (Å²) in [6.45, 7) is 1.75. The van der Waals surface area contributed by atoms with Gasteiger partial charge in [-0.25, -0.2) is 4.99 Å². The lowest BCUT2D eigenvalue weighted by atomic mass is 10.3. The van der Waals surface area contributed by atoms with Crippen LogP contribution in [0.4, 0.5) is 4.39 Å². The van der Waals surface area contributed by atoms with Gasteiger partial charge >= 0.3 is 0 Å². The molecule has 0 radical (unpaired) electrons. The first-order valence-electron chi connectivity index (χ1n) is 2.50. The minimum Gasteiger partial charge on any atom is -0.328 e. The molecule has 1 N–H and O–H groups in total. The van der Waals surface area contributed by atoms with Gasteiger partial charge in [-0.3, -0.25) is 0 Å². The van der Waals surface area contributed by atoms with Crippen LogP contribution in [0.3, 0.4) is 0 Å². The van der Waals surface area contributed by atoms with E-state index in [1.165, 1.54) is 6.21 Å². The number of aliphatic imine (C=N–C) groups is 1. The van der Waals surface area contributed by atoms with Gasteiger partial charge in [-0.05, 0) is 6.92 Å². The van der Waals surface area contributed by atoms with Gasteiger partial charge in [-0.1, -0.05) is 11.6 Å². The summed E-state index contributed by atoms with van der Waals surface area (Å²) in [6, 6.07) is 0. The van der Waals surface area contributed by atoms with E-state index in [0.29, 0.717) is 5.16 Å². The molecule has 9 heavy (non-hydrogen) atoms. The van der Waals surface area contributed by atoms with Gasteiger partial charge in [0.2, 0.25) is 0 Å². The molecule has 1 aliphatic rings. The molecule has 0 spiro atoms. The number of rotatable bonds is 0. The van der Waals surface area contributed by atoms with Crippen LogP contribution in [0.25, 0.3) is 0 Å². The van der Waals surface area contributed by atoms with Gasteiger partial charge in [-0.15, -0.1) is 0 Å². The average molecular weight is 149 g/mol. The quantitative estimate of drug-likeness (QED) is 0.516. The Labute approximate surface area is 57.4 Å². The van der Waals surface area contributed by atoms with Crippen LogP contribution >= 0.6 is 11.6 Å². The summed E-state index contributed by atoms with van der Waals surface area (Å²) in [5.41, 5.74) is 0.755. The van der Waals surface area contributed by atoms with Gasteiger partial charge in [0.1, 0.15) is 5.16 Å². The van der Waals surface area contributed by atoms with Crippen molar-refractivity contribution in [2.45, 2.75) is 13.3 Å². The van der Waals surface area contributed by atoms with E-state index in [0.717, 1.165) is 5.57 Å². The molecule has 0 aromatic heterocycles. The molecular formula is C5H6ClFN2. The molecule has 1 heterocycles. The van der Waals surface area contributed by atoms with Crippen LogP contribution in [0.5, 0.6) is 0 Å². The predicted octanol–water partition coefficient (Wildman–Crippen LogP) is 1.38. The predicted molar refractivity (Wildman–Crippen MR) is 35.1 cm³/mol. The van der Waals surface area contributed by atoms with Crippen LogP contribution < -0.4 is 5.32 Å². The second kappa shape index (κ2) is 2.35. The van der Waals surface area contributed by atoms with Crippen molar-refractivity contribution in [1.29, 1.82) is 0 Å². The van der Waals surface area contributed by atoms with E-state index in [2.05, 4.69) is 10.3 Å². The Morgan fingerprint density at radius 1 is 1.89 bits per heavy atom. The number of allylic oxidation sites excluding steroid dienone is 1. The Balaban J connectivity index is 2.75. The molecule has 4 heteroatoms. The molecule has 50 valence electrons. The van der Waals surface area contributed by atoms with Crippen molar-refractivity contribution in [3.63, 3.8) is 0 Å². The number of alkyl halides is 1. The highest BCUT2D eigenvalue weighted by Gasteiger charge is 2.08. The van der Waals surface area contributed by atoms with E-state index in [9.17, 15) is 4.39 Å². The van der Waals surface area contributed by atoms with Gasteiger partial charge in [0.05, 0.1) is 0 Å². The molecule has 0 bridgehead atoms. The molecule has 0 aromatic rings. The number of halogens is 2. The fourth-order valence-corrected chi connectivity index (χ4v) is 0.628. The number of hydrogen-bond donors (Lipinski definition) is 1. The molecule has 0 aliphatic carbocycles. The Bertz CT molecular complexity index is 176. The molecule has 1 atom stereocenters. The maximum Gasteiger partial charge on any atom is 0.265 e. The summed E-state index contributed by atoms with van der Waals surface area (Å²) in [6.07, 6.45) is 0.0324. The molecule has 1 unspecified atom stereocenters. The van der Waals surface area contributed by atoms with Crippen LogP contribution in [0.2, 0.25) is 0 Å². The lowest BCUT2D eigenvalue weighted by Crippen LogP contribution is -2.24. The molecule has 0 amide bonds. The lowest BCUT2D eigenvalue weighted by Gasteiger charge is -2.11. The maximum atomic E-state index is 12.2. The smallest absolute Gasteiger partial charge is 0.265 e. The second-order valence-corrected chi connectivity index (χ2v) is 2.13. The fraction of sp³-hybridized carbons (Fsp3) is 0.400. The number of nitrogens with zero attached hydrogens (tertiary/aromatic N) is 1. The summed E-state index contributed by atoms with van der Waals surface area (Å²) in [4.78, 5) is 3.42. The van der Waals surface area contributed by atoms with Crippen LogP contribution in [0.15, 0.2) is 15.7 Å². The molecule has 0 aromatic carbocycles. The monoisotopic (exact) mass is 148 g/mol. The lowest BCUT2D eigenvalue weighted by molar-refractivity contribution is 0.310. The zero-order chi connectivity index (χ0) is 6.85. The molecule has 0 saturated heterocycles. The van der Waals surface area contributed by atoms with Crippen LogP contribution in [0.1, 0.15) is 6.92 Å². The van der Waals surface area contributed by atoms with Gasteiger partial charge in [-0.2, -0.15) is 4.39 Å².